The number of likely N-dealkylation sites (N-methyl/N-ethyl adjacent to an activating group) is 1. The lowest BCUT2D eigenvalue weighted by molar-refractivity contribution is -0.117. The van der Waals surface area contributed by atoms with Crippen LogP contribution in [0.2, 0.25) is 10.0 Å². The van der Waals surface area contributed by atoms with Crippen LogP contribution in [0.15, 0.2) is 66.7 Å². The van der Waals surface area contributed by atoms with E-state index in [0.29, 0.717) is 15.7 Å². The van der Waals surface area contributed by atoms with E-state index in [4.69, 9.17) is 23.2 Å². The van der Waals surface area contributed by atoms with E-state index in [-0.39, 0.29) is 24.3 Å². The summed E-state index contributed by atoms with van der Waals surface area (Å²) >= 11 is 12.5. The third kappa shape index (κ3) is 5.15. The molecule has 1 atom stereocenters. The van der Waals surface area contributed by atoms with Crippen LogP contribution in [0.1, 0.15) is 22.7 Å². The molecular weight excluding hydrogens is 410 g/mol. The molecular formula is C23H21Cl2FN2O. The molecule has 0 aliphatic rings. The number of anilines is 1. The molecule has 0 radical (unpaired) electrons. The van der Waals surface area contributed by atoms with Crippen molar-refractivity contribution in [2.24, 2.45) is 0 Å². The molecule has 3 aromatic carbocycles. The Balaban J connectivity index is 1.83. The predicted octanol–water partition coefficient (Wildman–Crippen LogP) is 6.10. The summed E-state index contributed by atoms with van der Waals surface area (Å²) in [6.45, 7) is 1.94. The zero-order chi connectivity index (χ0) is 21.0. The number of carbonyl (C=O) groups excluding carboxylic acids is 1. The Morgan fingerprint density at radius 3 is 2.28 bits per heavy atom. The Kier molecular flexibility index (Phi) is 6.91. The van der Waals surface area contributed by atoms with Gasteiger partial charge in [-0.1, -0.05) is 71.7 Å². The summed E-state index contributed by atoms with van der Waals surface area (Å²) in [7, 11) is 1.85. The fourth-order valence-electron chi connectivity index (χ4n) is 3.25. The molecule has 0 fully saturated rings. The molecule has 6 heteroatoms. The van der Waals surface area contributed by atoms with E-state index in [1.807, 2.05) is 49.2 Å². The predicted molar refractivity (Wildman–Crippen MR) is 117 cm³/mol. The maximum atomic E-state index is 13.4. The van der Waals surface area contributed by atoms with Gasteiger partial charge in [-0.25, -0.2) is 4.39 Å². The molecule has 0 bridgehead atoms. The first-order chi connectivity index (χ1) is 13.9. The zero-order valence-electron chi connectivity index (χ0n) is 16.1. The molecule has 1 N–H and O–H groups in total. The second-order valence-corrected chi connectivity index (χ2v) is 7.67. The van der Waals surface area contributed by atoms with Crippen molar-refractivity contribution in [3.8, 4) is 0 Å². The van der Waals surface area contributed by atoms with E-state index in [1.54, 1.807) is 24.3 Å². The SMILES string of the molecule is Cc1ccc(Cl)c(NC(=O)CN(C)C(c2ccccc2)c2ccc(F)cc2)c1Cl. The molecule has 0 aliphatic carbocycles. The van der Waals surface area contributed by atoms with Crippen molar-refractivity contribution in [1.29, 1.82) is 0 Å². The van der Waals surface area contributed by atoms with Crippen LogP contribution in [0.5, 0.6) is 0 Å². The van der Waals surface area contributed by atoms with Gasteiger partial charge < -0.3 is 5.32 Å². The molecule has 0 aliphatic heterocycles. The molecule has 1 unspecified atom stereocenters. The lowest BCUT2D eigenvalue weighted by Gasteiger charge is -2.28. The first-order valence-corrected chi connectivity index (χ1v) is 9.87. The average molecular weight is 431 g/mol. The monoisotopic (exact) mass is 430 g/mol. The third-order valence-corrected chi connectivity index (χ3v) is 5.49. The molecule has 0 aromatic heterocycles. The molecule has 0 saturated carbocycles. The van der Waals surface area contributed by atoms with Gasteiger partial charge in [-0.2, -0.15) is 0 Å². The number of halogens is 3. The number of carbonyl (C=O) groups is 1. The summed E-state index contributed by atoms with van der Waals surface area (Å²) in [6, 6.07) is 19.4. The number of nitrogens with zero attached hydrogens (tertiary/aromatic N) is 1. The highest BCUT2D eigenvalue weighted by atomic mass is 35.5. The highest BCUT2D eigenvalue weighted by Gasteiger charge is 2.22. The molecule has 0 spiro atoms. The lowest BCUT2D eigenvalue weighted by Crippen LogP contribution is -2.34. The maximum Gasteiger partial charge on any atom is 0.238 e. The van der Waals surface area contributed by atoms with Gasteiger partial charge in [-0.05, 0) is 48.9 Å². The number of amides is 1. The van der Waals surface area contributed by atoms with Gasteiger partial charge >= 0.3 is 0 Å². The summed E-state index contributed by atoms with van der Waals surface area (Å²) in [6.07, 6.45) is 0. The van der Waals surface area contributed by atoms with E-state index < -0.39 is 0 Å². The summed E-state index contributed by atoms with van der Waals surface area (Å²) in [5.41, 5.74) is 3.12. The number of aryl methyl sites for hydroxylation is 1. The molecule has 3 aromatic rings. The van der Waals surface area contributed by atoms with Crippen molar-refractivity contribution in [2.45, 2.75) is 13.0 Å². The van der Waals surface area contributed by atoms with Gasteiger partial charge in [-0.15, -0.1) is 0 Å². The van der Waals surface area contributed by atoms with Crippen molar-refractivity contribution in [3.05, 3.63) is 99.3 Å². The molecule has 3 rings (SSSR count). The van der Waals surface area contributed by atoms with Crippen molar-refractivity contribution in [3.63, 3.8) is 0 Å². The maximum absolute atomic E-state index is 13.4. The fraction of sp³-hybridized carbons (Fsp3) is 0.174. The van der Waals surface area contributed by atoms with E-state index in [9.17, 15) is 9.18 Å². The van der Waals surface area contributed by atoms with Crippen molar-refractivity contribution in [2.75, 3.05) is 18.9 Å². The molecule has 0 heterocycles. The number of nitrogens with one attached hydrogen (secondary N) is 1. The topological polar surface area (TPSA) is 32.3 Å². The van der Waals surface area contributed by atoms with Crippen molar-refractivity contribution >= 4 is 34.8 Å². The second kappa shape index (κ2) is 9.40. The van der Waals surface area contributed by atoms with Gasteiger partial charge in [0.15, 0.2) is 0 Å². The van der Waals surface area contributed by atoms with Gasteiger partial charge in [0.2, 0.25) is 5.91 Å². The fourth-order valence-corrected chi connectivity index (χ4v) is 3.71. The quantitative estimate of drug-likeness (QED) is 0.512. The van der Waals surface area contributed by atoms with Gasteiger partial charge in [-0.3, -0.25) is 9.69 Å². The second-order valence-electron chi connectivity index (χ2n) is 6.88. The van der Waals surface area contributed by atoms with Crippen LogP contribution in [-0.2, 0) is 4.79 Å². The molecule has 0 saturated heterocycles. The standard InChI is InChI=1S/C23H21Cl2FN2O/c1-15-8-13-19(24)22(21(15)25)27-20(29)14-28(2)23(16-6-4-3-5-7-16)17-9-11-18(26)12-10-17/h3-13,23H,14H2,1-2H3,(H,27,29). The highest BCUT2D eigenvalue weighted by molar-refractivity contribution is 6.40. The molecule has 29 heavy (non-hydrogen) atoms. The van der Waals surface area contributed by atoms with Crippen LogP contribution in [0.25, 0.3) is 0 Å². The van der Waals surface area contributed by atoms with Crippen LogP contribution < -0.4 is 5.32 Å². The Bertz CT molecular complexity index is 994. The summed E-state index contributed by atoms with van der Waals surface area (Å²) in [5.74, 6) is -0.547. The summed E-state index contributed by atoms with van der Waals surface area (Å²) in [4.78, 5) is 14.6. The van der Waals surface area contributed by atoms with E-state index in [0.717, 1.165) is 16.7 Å². The van der Waals surface area contributed by atoms with E-state index in [1.165, 1.54) is 12.1 Å². The zero-order valence-corrected chi connectivity index (χ0v) is 17.6. The van der Waals surface area contributed by atoms with Gasteiger partial charge in [0, 0.05) is 0 Å². The Morgan fingerprint density at radius 1 is 1.00 bits per heavy atom. The Morgan fingerprint density at radius 2 is 1.62 bits per heavy atom. The number of hydrogen-bond donors (Lipinski definition) is 1. The van der Waals surface area contributed by atoms with Crippen LogP contribution in [0.3, 0.4) is 0 Å². The smallest absolute Gasteiger partial charge is 0.238 e. The third-order valence-electron chi connectivity index (χ3n) is 4.68. The Hall–Kier alpha value is -2.40. The normalized spacial score (nSPS) is 12.1. The van der Waals surface area contributed by atoms with Gasteiger partial charge in [0.1, 0.15) is 5.82 Å². The first-order valence-electron chi connectivity index (χ1n) is 9.12. The molecule has 1 amide bonds. The van der Waals surface area contributed by atoms with E-state index in [2.05, 4.69) is 5.32 Å². The highest BCUT2D eigenvalue weighted by Crippen LogP contribution is 2.33. The Labute approximate surface area is 180 Å². The minimum absolute atomic E-state index is 0.0948. The molecule has 150 valence electrons. The molecule has 3 nitrogen and oxygen atoms in total. The van der Waals surface area contributed by atoms with Crippen LogP contribution in [0, 0.1) is 12.7 Å². The minimum Gasteiger partial charge on any atom is -0.322 e. The minimum atomic E-state index is -0.301. The summed E-state index contributed by atoms with van der Waals surface area (Å²) < 4.78 is 13.4. The number of benzene rings is 3. The largest absolute Gasteiger partial charge is 0.322 e. The van der Waals surface area contributed by atoms with Gasteiger partial charge in [0.25, 0.3) is 0 Å². The van der Waals surface area contributed by atoms with Crippen LogP contribution in [-0.4, -0.2) is 24.4 Å². The van der Waals surface area contributed by atoms with Crippen molar-refractivity contribution in [1.82, 2.24) is 4.90 Å². The summed E-state index contributed by atoms with van der Waals surface area (Å²) in [5, 5.41) is 3.62. The van der Waals surface area contributed by atoms with Crippen molar-refractivity contribution < 1.29 is 9.18 Å². The van der Waals surface area contributed by atoms with Crippen LogP contribution in [0.4, 0.5) is 10.1 Å². The first kappa shape index (κ1) is 21.3. The van der Waals surface area contributed by atoms with Crippen LogP contribution >= 0.6 is 23.2 Å². The lowest BCUT2D eigenvalue weighted by atomic mass is 9.97. The number of rotatable bonds is 6. The van der Waals surface area contributed by atoms with Gasteiger partial charge in [0.05, 0.1) is 28.3 Å². The average Bonchev–Trinajstić information content (AvgIpc) is 2.71. The van der Waals surface area contributed by atoms with E-state index >= 15 is 0 Å². The number of hydrogen-bond acceptors (Lipinski definition) is 2.